The number of aliphatic carboxylic acids is 1. The first kappa shape index (κ1) is 13.3. The van der Waals surface area contributed by atoms with Crippen LogP contribution >= 0.6 is 11.3 Å². The van der Waals surface area contributed by atoms with Crippen LogP contribution in [-0.2, 0) is 11.2 Å². The number of thiophene rings is 1. The van der Waals surface area contributed by atoms with Crippen molar-refractivity contribution in [2.75, 3.05) is 0 Å². The molecule has 1 N–H and O–H groups in total. The second kappa shape index (κ2) is 5.01. The van der Waals surface area contributed by atoms with Crippen molar-refractivity contribution in [2.45, 2.75) is 39.0 Å². The number of nitrogens with zero attached hydrogens (tertiary/aromatic N) is 2. The van der Waals surface area contributed by atoms with Gasteiger partial charge < -0.3 is 9.63 Å². The molecule has 5 nitrogen and oxygen atoms in total. The summed E-state index contributed by atoms with van der Waals surface area (Å²) in [6.45, 7) is 2.00. The Morgan fingerprint density at radius 2 is 2.20 bits per heavy atom. The number of carbonyl (C=O) groups is 1. The van der Waals surface area contributed by atoms with E-state index >= 15 is 0 Å². The highest BCUT2D eigenvalue weighted by atomic mass is 32.1. The first-order chi connectivity index (χ1) is 9.61. The lowest BCUT2D eigenvalue weighted by Crippen LogP contribution is -2.30. The Morgan fingerprint density at radius 3 is 2.80 bits per heavy atom. The highest BCUT2D eigenvalue weighted by molar-refractivity contribution is 7.08. The minimum Gasteiger partial charge on any atom is -0.481 e. The third-order valence-electron chi connectivity index (χ3n) is 4.07. The first-order valence-electron chi connectivity index (χ1n) is 6.70. The van der Waals surface area contributed by atoms with Gasteiger partial charge in [-0.05, 0) is 30.7 Å². The lowest BCUT2D eigenvalue weighted by atomic mass is 9.83. The SMILES string of the molecule is Cc1cscc1-c1noc(CC2(C(=O)O)CCCC2)n1. The molecule has 1 aliphatic carbocycles. The van der Waals surface area contributed by atoms with Crippen LogP contribution in [0.4, 0.5) is 0 Å². The van der Waals surface area contributed by atoms with E-state index in [9.17, 15) is 9.90 Å². The van der Waals surface area contributed by atoms with Gasteiger partial charge in [0.05, 0.1) is 5.41 Å². The number of hydrogen-bond donors (Lipinski definition) is 1. The van der Waals surface area contributed by atoms with E-state index in [1.165, 1.54) is 0 Å². The van der Waals surface area contributed by atoms with E-state index in [0.29, 0.717) is 31.0 Å². The zero-order chi connectivity index (χ0) is 14.2. The fraction of sp³-hybridized carbons (Fsp3) is 0.500. The minimum absolute atomic E-state index is 0.332. The smallest absolute Gasteiger partial charge is 0.310 e. The number of aryl methyl sites for hydroxylation is 1. The summed E-state index contributed by atoms with van der Waals surface area (Å²) >= 11 is 1.59. The van der Waals surface area contributed by atoms with Crippen molar-refractivity contribution in [1.29, 1.82) is 0 Å². The summed E-state index contributed by atoms with van der Waals surface area (Å²) < 4.78 is 5.26. The molecule has 0 unspecified atom stereocenters. The monoisotopic (exact) mass is 292 g/mol. The van der Waals surface area contributed by atoms with E-state index in [1.807, 2.05) is 17.7 Å². The summed E-state index contributed by atoms with van der Waals surface area (Å²) in [5.74, 6) is 0.230. The van der Waals surface area contributed by atoms with Crippen LogP contribution in [0.2, 0.25) is 0 Å². The number of hydrogen-bond acceptors (Lipinski definition) is 5. The van der Waals surface area contributed by atoms with Gasteiger partial charge in [0.15, 0.2) is 0 Å². The Morgan fingerprint density at radius 1 is 1.45 bits per heavy atom. The van der Waals surface area contributed by atoms with Crippen LogP contribution in [0, 0.1) is 12.3 Å². The Balaban J connectivity index is 1.84. The van der Waals surface area contributed by atoms with Gasteiger partial charge in [-0.3, -0.25) is 4.79 Å². The van der Waals surface area contributed by atoms with Gasteiger partial charge in [0.2, 0.25) is 11.7 Å². The molecule has 2 heterocycles. The quantitative estimate of drug-likeness (QED) is 0.935. The highest BCUT2D eigenvalue weighted by Gasteiger charge is 2.42. The molecule has 2 aromatic heterocycles. The van der Waals surface area contributed by atoms with E-state index in [2.05, 4.69) is 10.1 Å². The molecule has 0 saturated heterocycles. The first-order valence-corrected chi connectivity index (χ1v) is 7.64. The maximum atomic E-state index is 11.5. The van der Waals surface area contributed by atoms with Crippen molar-refractivity contribution in [1.82, 2.24) is 10.1 Å². The van der Waals surface area contributed by atoms with Gasteiger partial charge in [-0.1, -0.05) is 18.0 Å². The summed E-state index contributed by atoms with van der Waals surface area (Å²) in [6.07, 6.45) is 3.63. The molecule has 106 valence electrons. The van der Waals surface area contributed by atoms with Crippen molar-refractivity contribution in [3.8, 4) is 11.4 Å². The van der Waals surface area contributed by atoms with E-state index in [1.54, 1.807) is 11.3 Å². The summed E-state index contributed by atoms with van der Waals surface area (Å²) in [6, 6.07) is 0. The summed E-state index contributed by atoms with van der Waals surface area (Å²) in [7, 11) is 0. The summed E-state index contributed by atoms with van der Waals surface area (Å²) in [5.41, 5.74) is 1.35. The fourth-order valence-corrected chi connectivity index (χ4v) is 3.66. The van der Waals surface area contributed by atoms with Crippen LogP contribution in [0.25, 0.3) is 11.4 Å². The Hall–Kier alpha value is -1.69. The topological polar surface area (TPSA) is 76.2 Å². The molecule has 0 amide bonds. The number of carboxylic acid groups (broad SMARTS) is 1. The van der Waals surface area contributed by atoms with Crippen LogP contribution in [-0.4, -0.2) is 21.2 Å². The normalized spacial score (nSPS) is 17.4. The molecule has 0 bridgehead atoms. The molecular formula is C14H16N2O3S. The van der Waals surface area contributed by atoms with Crippen LogP contribution in [0.15, 0.2) is 15.3 Å². The largest absolute Gasteiger partial charge is 0.481 e. The molecule has 0 radical (unpaired) electrons. The number of aromatic nitrogens is 2. The van der Waals surface area contributed by atoms with Gasteiger partial charge in [-0.15, -0.1) is 0 Å². The van der Waals surface area contributed by atoms with Gasteiger partial charge in [0, 0.05) is 17.4 Å². The van der Waals surface area contributed by atoms with Crippen molar-refractivity contribution in [3.63, 3.8) is 0 Å². The third kappa shape index (κ3) is 2.24. The molecule has 0 aliphatic heterocycles. The van der Waals surface area contributed by atoms with Crippen LogP contribution < -0.4 is 0 Å². The molecule has 0 atom stereocenters. The van der Waals surface area contributed by atoms with Gasteiger partial charge in [0.1, 0.15) is 0 Å². The van der Waals surface area contributed by atoms with Crippen LogP contribution in [0.5, 0.6) is 0 Å². The lowest BCUT2D eigenvalue weighted by molar-refractivity contribution is -0.148. The molecule has 2 aromatic rings. The standard InChI is InChI=1S/C14H16N2O3S/c1-9-7-20-8-10(9)12-15-11(19-16-12)6-14(13(17)18)4-2-3-5-14/h7-8H,2-6H2,1H3,(H,17,18). The van der Waals surface area contributed by atoms with Crippen molar-refractivity contribution < 1.29 is 14.4 Å². The van der Waals surface area contributed by atoms with Crippen molar-refractivity contribution in [2.24, 2.45) is 5.41 Å². The molecular weight excluding hydrogens is 276 g/mol. The molecule has 0 aromatic carbocycles. The number of carboxylic acids is 1. The Labute approximate surface area is 120 Å². The van der Waals surface area contributed by atoms with E-state index in [4.69, 9.17) is 4.52 Å². The average Bonchev–Trinajstić information content (AvgIpc) is 3.10. The fourth-order valence-electron chi connectivity index (χ4n) is 2.83. The van der Waals surface area contributed by atoms with Crippen LogP contribution in [0.1, 0.15) is 37.1 Å². The van der Waals surface area contributed by atoms with Gasteiger partial charge in [-0.25, -0.2) is 0 Å². The van der Waals surface area contributed by atoms with Crippen molar-refractivity contribution in [3.05, 3.63) is 22.2 Å². The highest BCUT2D eigenvalue weighted by Crippen LogP contribution is 2.41. The lowest BCUT2D eigenvalue weighted by Gasteiger charge is -2.21. The molecule has 20 heavy (non-hydrogen) atoms. The van der Waals surface area contributed by atoms with Gasteiger partial charge >= 0.3 is 5.97 Å². The predicted molar refractivity (Wildman–Crippen MR) is 74.6 cm³/mol. The van der Waals surface area contributed by atoms with Gasteiger partial charge in [-0.2, -0.15) is 16.3 Å². The van der Waals surface area contributed by atoms with E-state index < -0.39 is 11.4 Å². The van der Waals surface area contributed by atoms with E-state index in [0.717, 1.165) is 24.0 Å². The molecule has 6 heteroatoms. The zero-order valence-corrected chi connectivity index (χ0v) is 12.1. The Kier molecular flexibility index (Phi) is 3.33. The predicted octanol–water partition coefficient (Wildman–Crippen LogP) is 3.29. The molecule has 1 aliphatic rings. The van der Waals surface area contributed by atoms with E-state index in [-0.39, 0.29) is 0 Å². The second-order valence-corrected chi connectivity index (χ2v) is 6.19. The van der Waals surface area contributed by atoms with Crippen LogP contribution in [0.3, 0.4) is 0 Å². The molecule has 3 rings (SSSR count). The molecule has 0 spiro atoms. The second-order valence-electron chi connectivity index (χ2n) is 5.45. The summed E-state index contributed by atoms with van der Waals surface area (Å²) in [4.78, 5) is 15.9. The van der Waals surface area contributed by atoms with Crippen molar-refractivity contribution >= 4 is 17.3 Å². The third-order valence-corrected chi connectivity index (χ3v) is 4.93. The minimum atomic E-state index is -0.749. The zero-order valence-electron chi connectivity index (χ0n) is 11.3. The molecule has 1 fully saturated rings. The Bertz CT molecular complexity index is 626. The maximum absolute atomic E-state index is 11.5. The number of rotatable bonds is 4. The average molecular weight is 292 g/mol. The summed E-state index contributed by atoms with van der Waals surface area (Å²) in [5, 5.41) is 17.5. The maximum Gasteiger partial charge on any atom is 0.310 e. The van der Waals surface area contributed by atoms with Gasteiger partial charge in [0.25, 0.3) is 0 Å². The molecule has 1 saturated carbocycles.